The molecule has 0 saturated heterocycles. The van der Waals surface area contributed by atoms with Crippen LogP contribution in [0.3, 0.4) is 0 Å². The Hall–Kier alpha value is -7.82. The van der Waals surface area contributed by atoms with Crippen molar-refractivity contribution < 1.29 is 0 Å². The summed E-state index contributed by atoms with van der Waals surface area (Å²) in [6, 6.07) is 62.8. The molecular weight excluding hydrogens is 1140 g/mol. The van der Waals surface area contributed by atoms with Gasteiger partial charge in [0.25, 0.3) is 0 Å². The van der Waals surface area contributed by atoms with E-state index in [4.69, 9.17) is 19.9 Å². The lowest BCUT2D eigenvalue weighted by Crippen LogP contribution is -2.26. The maximum atomic E-state index is 5.70. The molecule has 0 saturated carbocycles. The van der Waals surface area contributed by atoms with Gasteiger partial charge in [-0.15, -0.1) is 0 Å². The van der Waals surface area contributed by atoms with Gasteiger partial charge in [-0.25, -0.2) is 15.0 Å². The minimum Gasteiger partial charge on any atom is -0.254 e. The van der Waals surface area contributed by atoms with E-state index < -0.39 is 0 Å². The quantitative estimate of drug-likeness (QED) is 0.0229. The van der Waals surface area contributed by atoms with Crippen LogP contribution < -0.4 is 0 Å². The van der Waals surface area contributed by atoms with Gasteiger partial charge < -0.3 is 0 Å². The van der Waals surface area contributed by atoms with Crippen LogP contribution in [-0.2, 0) is 10.8 Å². The molecule has 0 aliphatic heterocycles. The number of aromatic nitrogens is 4. The first-order chi connectivity index (χ1) is 46.2. The number of hydrogen-bond acceptors (Lipinski definition) is 4. The van der Waals surface area contributed by atoms with Crippen molar-refractivity contribution >= 4 is 34.0 Å². The SMILES string of the molecule is CCCCCCCCC1(CCCCCCCC)c2cc(C)ccc2-c2ccc(-c3cc(-c4ccc5c(c4)C(CCCCCCCC)(CCCCCCCC)c4cc(-c6ccc(/C=C/c7ccc(C)cc7)cc6)ccc4-5)nc(-c4ccc5ccc6cccnc6c5n4)n3)cc21. The van der Waals surface area contributed by atoms with E-state index in [1.54, 1.807) is 5.56 Å². The van der Waals surface area contributed by atoms with Crippen LogP contribution in [0.15, 0.2) is 170 Å². The standard InChI is InChI=1S/C90H104N4/c1-7-11-15-19-23-27-55-89(56-28-24-20-16-12-8-2)79-60-66(6)35-50-75(79)77-52-47-73(62-81(77)89)84-64-85(94-88(93-84)83-54-49-71-45-44-70-32-31-59-91-86(70)87(71)92-83)74-48-53-78-76-51-46-72(69-42-40-68(41-43-69)39-38-67-36-33-65(5)34-37-67)61-80(76)90(82(78)63-74,57-29-25-21-17-13-9-3)58-30-26-22-18-14-10-4/h31-54,59-64H,7-30,55-58H2,1-6H3/b39-38+. The van der Waals surface area contributed by atoms with Crippen molar-refractivity contribution in [1.82, 2.24) is 19.9 Å². The fourth-order valence-electron chi connectivity index (χ4n) is 16.1. The number of fused-ring (bicyclic) bond motifs is 9. The number of rotatable bonds is 34. The lowest BCUT2D eigenvalue weighted by atomic mass is 9.70. The number of unbranched alkanes of at least 4 members (excludes halogenated alkanes) is 20. The molecule has 484 valence electrons. The van der Waals surface area contributed by atoms with Crippen LogP contribution in [0.25, 0.3) is 101 Å². The summed E-state index contributed by atoms with van der Waals surface area (Å²) in [6.45, 7) is 13.8. The second-order valence-corrected chi connectivity index (χ2v) is 28.3. The minimum absolute atomic E-state index is 0.0677. The Morgan fingerprint density at radius 3 is 1.18 bits per heavy atom. The molecule has 0 bridgehead atoms. The lowest BCUT2D eigenvalue weighted by molar-refractivity contribution is 0.398. The Balaban J connectivity index is 0.992. The number of pyridine rings is 2. The fraction of sp³-hybridized carbons (Fsp3) is 0.400. The summed E-state index contributed by atoms with van der Waals surface area (Å²) < 4.78 is 0. The van der Waals surface area contributed by atoms with Crippen LogP contribution in [-0.4, -0.2) is 19.9 Å². The van der Waals surface area contributed by atoms with Crippen molar-refractivity contribution in [2.75, 3.05) is 0 Å². The molecule has 2 aliphatic carbocycles. The van der Waals surface area contributed by atoms with Gasteiger partial charge in [0.1, 0.15) is 5.69 Å². The number of benzene rings is 7. The molecular formula is C90H104N4. The van der Waals surface area contributed by atoms with E-state index in [-0.39, 0.29) is 10.8 Å². The first-order valence-corrected chi connectivity index (χ1v) is 37.2. The highest BCUT2D eigenvalue weighted by atomic mass is 14.9. The van der Waals surface area contributed by atoms with E-state index >= 15 is 0 Å². The third-order valence-electron chi connectivity index (χ3n) is 21.5. The molecule has 0 fully saturated rings. The monoisotopic (exact) mass is 1240 g/mol. The molecule has 2 aliphatic rings. The van der Waals surface area contributed by atoms with Crippen molar-refractivity contribution in [3.05, 3.63) is 214 Å². The zero-order chi connectivity index (χ0) is 64.7. The summed E-state index contributed by atoms with van der Waals surface area (Å²) in [4.78, 5) is 21.8. The van der Waals surface area contributed by atoms with E-state index in [2.05, 4.69) is 211 Å². The van der Waals surface area contributed by atoms with E-state index in [0.29, 0.717) is 5.82 Å². The smallest absolute Gasteiger partial charge is 0.179 e. The van der Waals surface area contributed by atoms with Gasteiger partial charge in [-0.3, -0.25) is 4.98 Å². The zero-order valence-electron chi connectivity index (χ0n) is 57.9. The molecule has 10 aromatic rings. The van der Waals surface area contributed by atoms with E-state index in [1.807, 2.05) is 12.3 Å². The average Bonchev–Trinajstić information content (AvgIpc) is 1.57. The normalized spacial score (nSPS) is 13.5. The van der Waals surface area contributed by atoms with Crippen LogP contribution in [0, 0.1) is 13.8 Å². The Kier molecular flexibility index (Phi) is 22.3. The molecule has 94 heavy (non-hydrogen) atoms. The van der Waals surface area contributed by atoms with Crippen molar-refractivity contribution in [1.29, 1.82) is 0 Å². The van der Waals surface area contributed by atoms with Gasteiger partial charge in [0.15, 0.2) is 5.82 Å². The third-order valence-corrected chi connectivity index (χ3v) is 21.5. The van der Waals surface area contributed by atoms with E-state index in [9.17, 15) is 0 Å². The summed E-state index contributed by atoms with van der Waals surface area (Å²) in [5, 5.41) is 2.13. The van der Waals surface area contributed by atoms with Gasteiger partial charge in [0, 0.05) is 38.9 Å². The highest BCUT2D eigenvalue weighted by Crippen LogP contribution is 2.58. The second-order valence-electron chi connectivity index (χ2n) is 28.3. The lowest BCUT2D eigenvalue weighted by Gasteiger charge is -2.33. The van der Waals surface area contributed by atoms with Crippen molar-refractivity contribution in [2.45, 2.75) is 232 Å². The maximum absolute atomic E-state index is 5.70. The molecule has 0 atom stereocenters. The van der Waals surface area contributed by atoms with Crippen molar-refractivity contribution in [2.24, 2.45) is 0 Å². The largest absolute Gasteiger partial charge is 0.254 e. The molecule has 0 unspecified atom stereocenters. The fourth-order valence-corrected chi connectivity index (χ4v) is 16.1. The summed E-state index contributed by atoms with van der Waals surface area (Å²) in [6.07, 6.45) is 41.7. The Morgan fingerprint density at radius 2 is 0.691 bits per heavy atom. The zero-order valence-corrected chi connectivity index (χ0v) is 57.9. The Bertz CT molecular complexity index is 4150. The Morgan fingerprint density at radius 1 is 0.309 bits per heavy atom. The molecule has 0 N–H and O–H groups in total. The Labute approximate surface area is 564 Å². The van der Waals surface area contributed by atoms with E-state index in [0.717, 1.165) is 62.9 Å². The predicted octanol–water partition coefficient (Wildman–Crippen LogP) is 26.6. The van der Waals surface area contributed by atoms with Gasteiger partial charge in [-0.1, -0.05) is 332 Å². The van der Waals surface area contributed by atoms with Crippen LogP contribution in [0.5, 0.6) is 0 Å². The number of hydrogen-bond donors (Lipinski definition) is 0. The summed E-state index contributed by atoms with van der Waals surface area (Å²) >= 11 is 0. The summed E-state index contributed by atoms with van der Waals surface area (Å²) in [5.41, 5.74) is 25.7. The summed E-state index contributed by atoms with van der Waals surface area (Å²) in [7, 11) is 0. The molecule has 4 nitrogen and oxygen atoms in total. The van der Waals surface area contributed by atoms with Crippen molar-refractivity contribution in [3.8, 4) is 67.4 Å². The second kappa shape index (κ2) is 31.6. The van der Waals surface area contributed by atoms with Crippen LogP contribution in [0.1, 0.15) is 252 Å². The molecule has 0 amide bonds. The molecule has 4 heteroatoms. The topological polar surface area (TPSA) is 51.6 Å². The molecule has 3 heterocycles. The van der Waals surface area contributed by atoms with Gasteiger partial charge in [-0.05, 0) is 143 Å². The minimum atomic E-state index is -0.155. The van der Waals surface area contributed by atoms with Crippen LogP contribution in [0.2, 0.25) is 0 Å². The van der Waals surface area contributed by atoms with E-state index in [1.165, 1.54) is 239 Å². The molecule has 0 spiro atoms. The number of nitrogens with zero attached hydrogens (tertiary/aromatic N) is 4. The van der Waals surface area contributed by atoms with Gasteiger partial charge in [-0.2, -0.15) is 0 Å². The highest BCUT2D eigenvalue weighted by molar-refractivity contribution is 6.03. The molecule has 12 rings (SSSR count). The molecule has 7 aromatic carbocycles. The first-order valence-electron chi connectivity index (χ1n) is 37.2. The first kappa shape index (κ1) is 66.2. The average molecular weight is 1240 g/mol. The number of aryl methyl sites for hydroxylation is 2. The molecule has 0 radical (unpaired) electrons. The predicted molar refractivity (Wildman–Crippen MR) is 404 cm³/mol. The maximum Gasteiger partial charge on any atom is 0.179 e. The highest BCUT2D eigenvalue weighted by Gasteiger charge is 2.44. The third kappa shape index (κ3) is 14.8. The van der Waals surface area contributed by atoms with Gasteiger partial charge in [0.05, 0.1) is 22.4 Å². The van der Waals surface area contributed by atoms with Crippen LogP contribution >= 0.6 is 0 Å². The molecule has 3 aromatic heterocycles. The van der Waals surface area contributed by atoms with Crippen LogP contribution in [0.4, 0.5) is 0 Å². The van der Waals surface area contributed by atoms with Gasteiger partial charge in [0.2, 0.25) is 0 Å². The van der Waals surface area contributed by atoms with Crippen molar-refractivity contribution in [3.63, 3.8) is 0 Å². The summed E-state index contributed by atoms with van der Waals surface area (Å²) in [5.74, 6) is 0.641. The van der Waals surface area contributed by atoms with Gasteiger partial charge >= 0.3 is 0 Å².